The molecule has 1 aromatic rings. The predicted octanol–water partition coefficient (Wildman–Crippen LogP) is 3.33. The molecule has 64 valence electrons. The highest BCUT2D eigenvalue weighted by atomic mass is 35.5. The first-order chi connectivity index (χ1) is 5.77. The first-order valence-electron chi connectivity index (χ1n) is 3.88. The maximum atomic E-state index is 5.93. The van der Waals surface area contributed by atoms with E-state index in [9.17, 15) is 0 Å². The standard InChI is InChI=1S/C10H12ClN/c1-3-10(11)8-4-6-9(12-2)7-5-8/h3-7,12H,1-2H3. The summed E-state index contributed by atoms with van der Waals surface area (Å²) in [7, 11) is 1.90. The fourth-order valence-electron chi connectivity index (χ4n) is 0.963. The Morgan fingerprint density at radius 2 is 1.92 bits per heavy atom. The van der Waals surface area contributed by atoms with Gasteiger partial charge in [-0.1, -0.05) is 29.8 Å². The Hall–Kier alpha value is -0.950. The minimum Gasteiger partial charge on any atom is -0.388 e. The van der Waals surface area contributed by atoms with E-state index in [2.05, 4.69) is 5.32 Å². The first kappa shape index (κ1) is 9.14. The van der Waals surface area contributed by atoms with Crippen molar-refractivity contribution in [2.24, 2.45) is 0 Å². The molecular weight excluding hydrogens is 170 g/mol. The fourth-order valence-corrected chi connectivity index (χ4v) is 1.09. The van der Waals surface area contributed by atoms with E-state index >= 15 is 0 Å². The molecule has 0 atom stereocenters. The fraction of sp³-hybridized carbons (Fsp3) is 0.200. The SMILES string of the molecule is CC=C(Cl)c1ccc(NC)cc1. The molecule has 0 aliphatic carbocycles. The summed E-state index contributed by atoms with van der Waals surface area (Å²) in [4.78, 5) is 0. The number of nitrogens with one attached hydrogen (secondary N) is 1. The molecule has 0 spiro atoms. The number of hydrogen-bond donors (Lipinski definition) is 1. The number of anilines is 1. The maximum absolute atomic E-state index is 5.93. The van der Waals surface area contributed by atoms with E-state index in [4.69, 9.17) is 11.6 Å². The van der Waals surface area contributed by atoms with E-state index in [1.54, 1.807) is 0 Å². The number of halogens is 1. The Morgan fingerprint density at radius 3 is 2.33 bits per heavy atom. The molecule has 0 heterocycles. The van der Waals surface area contributed by atoms with Gasteiger partial charge in [-0.3, -0.25) is 0 Å². The third-order valence-corrected chi connectivity index (χ3v) is 2.14. The molecule has 0 fully saturated rings. The van der Waals surface area contributed by atoms with Crippen molar-refractivity contribution in [3.8, 4) is 0 Å². The Balaban J connectivity index is 2.92. The monoisotopic (exact) mass is 181 g/mol. The van der Waals surface area contributed by atoms with Gasteiger partial charge in [-0.15, -0.1) is 0 Å². The highest BCUT2D eigenvalue weighted by molar-refractivity contribution is 6.48. The minimum atomic E-state index is 0.789. The van der Waals surface area contributed by atoms with Gasteiger partial charge < -0.3 is 5.32 Å². The van der Waals surface area contributed by atoms with Crippen LogP contribution >= 0.6 is 11.6 Å². The second-order valence-corrected chi connectivity index (χ2v) is 2.87. The molecule has 0 aliphatic heterocycles. The van der Waals surface area contributed by atoms with Gasteiger partial charge in [0.2, 0.25) is 0 Å². The maximum Gasteiger partial charge on any atom is 0.0435 e. The van der Waals surface area contributed by atoms with E-state index < -0.39 is 0 Å². The van der Waals surface area contributed by atoms with E-state index in [0.29, 0.717) is 0 Å². The zero-order valence-corrected chi connectivity index (χ0v) is 8.02. The van der Waals surface area contributed by atoms with Crippen molar-refractivity contribution in [1.29, 1.82) is 0 Å². The predicted molar refractivity (Wildman–Crippen MR) is 55.5 cm³/mol. The van der Waals surface area contributed by atoms with Crippen LogP contribution in [0.5, 0.6) is 0 Å². The molecule has 1 aromatic carbocycles. The lowest BCUT2D eigenvalue weighted by Crippen LogP contribution is -1.86. The van der Waals surface area contributed by atoms with Crippen molar-refractivity contribution in [2.75, 3.05) is 12.4 Å². The highest BCUT2D eigenvalue weighted by Gasteiger charge is 1.95. The van der Waals surface area contributed by atoms with Crippen LogP contribution in [0.4, 0.5) is 5.69 Å². The van der Waals surface area contributed by atoms with Gasteiger partial charge in [0.25, 0.3) is 0 Å². The summed E-state index contributed by atoms with van der Waals surface area (Å²) in [6.07, 6.45) is 1.88. The van der Waals surface area contributed by atoms with Gasteiger partial charge in [0.1, 0.15) is 0 Å². The van der Waals surface area contributed by atoms with Crippen molar-refractivity contribution in [3.05, 3.63) is 35.9 Å². The largest absolute Gasteiger partial charge is 0.388 e. The van der Waals surface area contributed by atoms with Crippen LogP contribution in [0.1, 0.15) is 12.5 Å². The molecule has 0 unspecified atom stereocenters. The zero-order chi connectivity index (χ0) is 8.97. The van der Waals surface area contributed by atoms with Crippen LogP contribution < -0.4 is 5.32 Å². The summed E-state index contributed by atoms with van der Waals surface area (Å²) in [5.41, 5.74) is 2.15. The molecule has 2 heteroatoms. The summed E-state index contributed by atoms with van der Waals surface area (Å²) in [6, 6.07) is 7.99. The average Bonchev–Trinajstić information content (AvgIpc) is 2.17. The number of hydrogen-bond acceptors (Lipinski definition) is 1. The third kappa shape index (κ3) is 2.02. The lowest BCUT2D eigenvalue weighted by molar-refractivity contribution is 1.50. The molecule has 1 nitrogen and oxygen atoms in total. The van der Waals surface area contributed by atoms with Gasteiger partial charge >= 0.3 is 0 Å². The first-order valence-corrected chi connectivity index (χ1v) is 4.25. The Labute approximate surface area is 78.1 Å². The zero-order valence-electron chi connectivity index (χ0n) is 7.26. The van der Waals surface area contributed by atoms with E-state index in [0.717, 1.165) is 16.3 Å². The van der Waals surface area contributed by atoms with Crippen molar-refractivity contribution in [1.82, 2.24) is 0 Å². The summed E-state index contributed by atoms with van der Waals surface area (Å²) in [5, 5.41) is 3.84. The van der Waals surface area contributed by atoms with Crippen molar-refractivity contribution in [3.63, 3.8) is 0 Å². The molecule has 12 heavy (non-hydrogen) atoms. The molecule has 0 amide bonds. The number of benzene rings is 1. The van der Waals surface area contributed by atoms with Gasteiger partial charge in [-0.25, -0.2) is 0 Å². The average molecular weight is 182 g/mol. The molecule has 1 N–H and O–H groups in total. The number of allylic oxidation sites excluding steroid dienone is 1. The second-order valence-electron chi connectivity index (χ2n) is 2.46. The normalized spacial score (nSPS) is 11.4. The summed E-state index contributed by atoms with van der Waals surface area (Å²) in [6.45, 7) is 1.92. The highest BCUT2D eigenvalue weighted by Crippen LogP contribution is 2.19. The van der Waals surface area contributed by atoms with E-state index in [1.165, 1.54) is 0 Å². The topological polar surface area (TPSA) is 12.0 Å². The number of rotatable bonds is 2. The van der Waals surface area contributed by atoms with Crippen LogP contribution in [0.3, 0.4) is 0 Å². The molecular formula is C10H12ClN. The molecule has 0 radical (unpaired) electrons. The van der Waals surface area contributed by atoms with Gasteiger partial charge in [0, 0.05) is 17.8 Å². The van der Waals surface area contributed by atoms with Crippen LogP contribution in [0, 0.1) is 0 Å². The summed E-state index contributed by atoms with van der Waals surface area (Å²) >= 11 is 5.93. The van der Waals surface area contributed by atoms with Gasteiger partial charge in [0.05, 0.1) is 0 Å². The molecule has 0 saturated heterocycles. The molecule has 0 saturated carbocycles. The molecule has 0 aromatic heterocycles. The quantitative estimate of drug-likeness (QED) is 0.738. The Kier molecular flexibility index (Phi) is 3.18. The van der Waals surface area contributed by atoms with Crippen LogP contribution in [0.2, 0.25) is 0 Å². The van der Waals surface area contributed by atoms with E-state index in [1.807, 2.05) is 44.3 Å². The molecule has 0 bridgehead atoms. The van der Waals surface area contributed by atoms with Crippen LogP contribution in [-0.2, 0) is 0 Å². The Morgan fingerprint density at radius 1 is 1.33 bits per heavy atom. The molecule has 0 aliphatic rings. The van der Waals surface area contributed by atoms with Crippen LogP contribution in [0.15, 0.2) is 30.3 Å². The van der Waals surface area contributed by atoms with Crippen LogP contribution in [-0.4, -0.2) is 7.05 Å². The third-order valence-electron chi connectivity index (χ3n) is 1.70. The Bertz CT molecular complexity index is 274. The minimum absolute atomic E-state index is 0.789. The van der Waals surface area contributed by atoms with Gasteiger partial charge in [-0.2, -0.15) is 0 Å². The van der Waals surface area contributed by atoms with E-state index in [-0.39, 0.29) is 0 Å². The lowest BCUT2D eigenvalue weighted by atomic mass is 10.2. The van der Waals surface area contributed by atoms with Gasteiger partial charge in [-0.05, 0) is 24.6 Å². The van der Waals surface area contributed by atoms with Crippen molar-refractivity contribution < 1.29 is 0 Å². The summed E-state index contributed by atoms with van der Waals surface area (Å²) < 4.78 is 0. The lowest BCUT2D eigenvalue weighted by Gasteiger charge is -2.01. The van der Waals surface area contributed by atoms with Crippen LogP contribution in [0.25, 0.3) is 5.03 Å². The smallest absolute Gasteiger partial charge is 0.0435 e. The summed E-state index contributed by atoms with van der Waals surface area (Å²) in [5.74, 6) is 0. The van der Waals surface area contributed by atoms with Crippen molar-refractivity contribution in [2.45, 2.75) is 6.92 Å². The van der Waals surface area contributed by atoms with Crippen molar-refractivity contribution >= 4 is 22.3 Å². The van der Waals surface area contributed by atoms with Gasteiger partial charge in [0.15, 0.2) is 0 Å². The molecule has 1 rings (SSSR count). The second kappa shape index (κ2) is 4.17.